The number of nitriles is 1. The van der Waals surface area contributed by atoms with E-state index in [1.165, 1.54) is 0 Å². The first-order valence-electron chi connectivity index (χ1n) is 8.62. The van der Waals surface area contributed by atoms with Gasteiger partial charge in [0.05, 0.1) is 29.4 Å². The second-order valence-corrected chi connectivity index (χ2v) is 6.11. The molecule has 4 aromatic rings. The summed E-state index contributed by atoms with van der Waals surface area (Å²) in [6.45, 7) is 0.637. The molecule has 5 nitrogen and oxygen atoms in total. The van der Waals surface area contributed by atoms with E-state index in [2.05, 4.69) is 39.1 Å². The molecule has 0 saturated carbocycles. The van der Waals surface area contributed by atoms with Crippen molar-refractivity contribution in [2.75, 3.05) is 12.4 Å². The van der Waals surface area contributed by atoms with Crippen molar-refractivity contribution in [1.82, 2.24) is 9.55 Å². The van der Waals surface area contributed by atoms with Gasteiger partial charge in [-0.2, -0.15) is 5.26 Å². The first-order valence-corrected chi connectivity index (χ1v) is 8.62. The van der Waals surface area contributed by atoms with Crippen LogP contribution in [0.4, 0.5) is 5.69 Å². The highest BCUT2D eigenvalue weighted by molar-refractivity contribution is 5.77. The standard InChI is InChI=1S/C22H18N4O/c1-27-22-12-18(11-10-16(22)13-23)24-14-17-6-2-4-8-20(17)26-15-25-19-7-3-5-9-21(19)26/h2-12,15,24H,14H2,1H3. The van der Waals surface area contributed by atoms with Crippen molar-refractivity contribution in [2.45, 2.75) is 6.54 Å². The maximum atomic E-state index is 9.12. The number of anilines is 1. The Morgan fingerprint density at radius 3 is 2.74 bits per heavy atom. The number of aromatic nitrogens is 2. The quantitative estimate of drug-likeness (QED) is 0.572. The van der Waals surface area contributed by atoms with Gasteiger partial charge in [0.1, 0.15) is 18.1 Å². The van der Waals surface area contributed by atoms with Crippen molar-refractivity contribution in [3.63, 3.8) is 0 Å². The van der Waals surface area contributed by atoms with Gasteiger partial charge in [-0.05, 0) is 35.9 Å². The Kier molecular flexibility index (Phi) is 4.46. The lowest BCUT2D eigenvalue weighted by atomic mass is 10.1. The molecule has 0 amide bonds. The first kappa shape index (κ1) is 16.7. The number of methoxy groups -OCH3 is 1. The molecule has 27 heavy (non-hydrogen) atoms. The maximum Gasteiger partial charge on any atom is 0.138 e. The van der Waals surface area contributed by atoms with E-state index in [4.69, 9.17) is 10.00 Å². The van der Waals surface area contributed by atoms with E-state index in [1.807, 2.05) is 48.8 Å². The van der Waals surface area contributed by atoms with Crippen LogP contribution in [0, 0.1) is 11.3 Å². The molecule has 0 aliphatic heterocycles. The van der Waals surface area contributed by atoms with Crippen molar-refractivity contribution < 1.29 is 4.74 Å². The Morgan fingerprint density at radius 1 is 1.07 bits per heavy atom. The Bertz CT molecular complexity index is 1140. The number of imidazole rings is 1. The van der Waals surface area contributed by atoms with E-state index in [-0.39, 0.29) is 0 Å². The lowest BCUT2D eigenvalue weighted by Gasteiger charge is -2.14. The fraction of sp³-hybridized carbons (Fsp3) is 0.0909. The predicted molar refractivity (Wildman–Crippen MR) is 106 cm³/mol. The van der Waals surface area contributed by atoms with Gasteiger partial charge in [-0.1, -0.05) is 30.3 Å². The summed E-state index contributed by atoms with van der Waals surface area (Å²) in [6.07, 6.45) is 1.86. The molecule has 0 saturated heterocycles. The first-order chi connectivity index (χ1) is 13.3. The van der Waals surface area contributed by atoms with Crippen LogP contribution >= 0.6 is 0 Å². The van der Waals surface area contributed by atoms with Crippen LogP contribution in [0.5, 0.6) is 5.75 Å². The zero-order valence-corrected chi connectivity index (χ0v) is 14.9. The van der Waals surface area contributed by atoms with Crippen LogP contribution < -0.4 is 10.1 Å². The minimum Gasteiger partial charge on any atom is -0.495 e. The molecular weight excluding hydrogens is 336 g/mol. The maximum absolute atomic E-state index is 9.12. The Hall–Kier alpha value is -3.78. The van der Waals surface area contributed by atoms with E-state index >= 15 is 0 Å². The zero-order chi connectivity index (χ0) is 18.6. The third-order valence-corrected chi connectivity index (χ3v) is 4.51. The van der Waals surface area contributed by atoms with E-state index in [1.54, 1.807) is 13.2 Å². The highest BCUT2D eigenvalue weighted by Crippen LogP contribution is 2.25. The topological polar surface area (TPSA) is 62.9 Å². The largest absolute Gasteiger partial charge is 0.495 e. The summed E-state index contributed by atoms with van der Waals surface area (Å²) in [5, 5.41) is 12.5. The monoisotopic (exact) mass is 354 g/mol. The van der Waals surface area contributed by atoms with Gasteiger partial charge in [0.25, 0.3) is 0 Å². The second kappa shape index (κ2) is 7.22. The summed E-state index contributed by atoms with van der Waals surface area (Å²) in [5.41, 5.74) is 5.69. The smallest absolute Gasteiger partial charge is 0.138 e. The normalized spacial score (nSPS) is 10.5. The molecule has 0 spiro atoms. The minimum absolute atomic E-state index is 0.522. The predicted octanol–water partition coefficient (Wildman–Crippen LogP) is 4.52. The van der Waals surface area contributed by atoms with Crippen molar-refractivity contribution in [3.05, 3.63) is 84.2 Å². The number of para-hydroxylation sites is 3. The van der Waals surface area contributed by atoms with Crippen LogP contribution in [0.2, 0.25) is 0 Å². The van der Waals surface area contributed by atoms with E-state index < -0.39 is 0 Å². The van der Waals surface area contributed by atoms with Gasteiger partial charge < -0.3 is 10.1 Å². The Morgan fingerprint density at radius 2 is 1.89 bits per heavy atom. The lowest BCUT2D eigenvalue weighted by Crippen LogP contribution is -2.05. The third kappa shape index (κ3) is 3.21. The van der Waals surface area contributed by atoms with Crippen LogP contribution in [0.3, 0.4) is 0 Å². The molecule has 0 radical (unpaired) electrons. The van der Waals surface area contributed by atoms with Gasteiger partial charge in [0.2, 0.25) is 0 Å². The average molecular weight is 354 g/mol. The molecule has 4 rings (SSSR count). The molecule has 132 valence electrons. The fourth-order valence-corrected chi connectivity index (χ4v) is 3.14. The number of rotatable bonds is 5. The van der Waals surface area contributed by atoms with E-state index in [0.717, 1.165) is 28.0 Å². The van der Waals surface area contributed by atoms with Crippen molar-refractivity contribution in [3.8, 4) is 17.5 Å². The number of hydrogen-bond donors (Lipinski definition) is 1. The summed E-state index contributed by atoms with van der Waals surface area (Å²) in [7, 11) is 1.57. The van der Waals surface area contributed by atoms with Gasteiger partial charge >= 0.3 is 0 Å². The molecule has 1 heterocycles. The average Bonchev–Trinajstić information content (AvgIpc) is 3.16. The number of ether oxygens (including phenoxy) is 1. The van der Waals surface area contributed by atoms with Crippen LogP contribution in [0.15, 0.2) is 73.1 Å². The number of fused-ring (bicyclic) bond motifs is 1. The van der Waals surface area contributed by atoms with Crippen LogP contribution in [0.1, 0.15) is 11.1 Å². The van der Waals surface area contributed by atoms with Crippen molar-refractivity contribution >= 4 is 16.7 Å². The van der Waals surface area contributed by atoms with E-state index in [0.29, 0.717) is 17.9 Å². The Balaban J connectivity index is 1.64. The molecule has 0 unspecified atom stereocenters. The molecule has 0 aliphatic rings. The highest BCUT2D eigenvalue weighted by Gasteiger charge is 2.09. The molecule has 0 bridgehead atoms. The zero-order valence-electron chi connectivity index (χ0n) is 14.9. The number of hydrogen-bond acceptors (Lipinski definition) is 4. The molecular formula is C22H18N4O. The molecule has 3 aromatic carbocycles. The van der Waals surface area contributed by atoms with Crippen molar-refractivity contribution in [1.29, 1.82) is 5.26 Å². The van der Waals surface area contributed by atoms with Gasteiger partial charge in [-0.15, -0.1) is 0 Å². The molecule has 0 aliphatic carbocycles. The third-order valence-electron chi connectivity index (χ3n) is 4.51. The summed E-state index contributed by atoms with van der Waals surface area (Å²) in [4.78, 5) is 4.49. The summed E-state index contributed by atoms with van der Waals surface area (Å²) >= 11 is 0. The molecule has 0 atom stereocenters. The molecule has 1 N–H and O–H groups in total. The van der Waals surface area contributed by atoms with Crippen LogP contribution in [-0.2, 0) is 6.54 Å². The minimum atomic E-state index is 0.522. The van der Waals surface area contributed by atoms with Gasteiger partial charge in [0, 0.05) is 18.3 Å². The fourth-order valence-electron chi connectivity index (χ4n) is 3.14. The van der Waals surface area contributed by atoms with Gasteiger partial charge in [-0.3, -0.25) is 4.57 Å². The van der Waals surface area contributed by atoms with Crippen LogP contribution in [0.25, 0.3) is 16.7 Å². The summed E-state index contributed by atoms with van der Waals surface area (Å²) in [5.74, 6) is 0.566. The SMILES string of the molecule is COc1cc(NCc2ccccc2-n2cnc3ccccc32)ccc1C#N. The summed E-state index contributed by atoms with van der Waals surface area (Å²) in [6, 6.07) is 23.9. The van der Waals surface area contributed by atoms with Crippen LogP contribution in [-0.4, -0.2) is 16.7 Å². The lowest BCUT2D eigenvalue weighted by molar-refractivity contribution is 0.413. The van der Waals surface area contributed by atoms with Gasteiger partial charge in [-0.25, -0.2) is 4.98 Å². The molecule has 0 fully saturated rings. The second-order valence-electron chi connectivity index (χ2n) is 6.11. The highest BCUT2D eigenvalue weighted by atomic mass is 16.5. The van der Waals surface area contributed by atoms with Crippen molar-refractivity contribution in [2.24, 2.45) is 0 Å². The van der Waals surface area contributed by atoms with Gasteiger partial charge in [0.15, 0.2) is 0 Å². The number of nitrogens with one attached hydrogen (secondary N) is 1. The number of benzene rings is 3. The molecule has 5 heteroatoms. The summed E-state index contributed by atoms with van der Waals surface area (Å²) < 4.78 is 7.39. The van der Waals surface area contributed by atoms with E-state index in [9.17, 15) is 0 Å². The Labute approximate surface area is 157 Å². The molecule has 1 aromatic heterocycles. The number of nitrogens with zero attached hydrogens (tertiary/aromatic N) is 3.